The molecule has 2 heterocycles. The van der Waals surface area contributed by atoms with E-state index in [9.17, 15) is 4.79 Å². The average molecular weight is 387 g/mol. The van der Waals surface area contributed by atoms with Gasteiger partial charge < -0.3 is 15.1 Å². The standard InChI is InChI=1S/C23H25N5O/c1-17-6-8-19(9-7-17)21-15-22(25-16-24-21)27-10-12-28(13-11-27)23(29)26-20-5-3-4-18(2)14-20/h3-9,14-16H,10-13H2,1-2H3,(H,26,29). The van der Waals surface area contributed by atoms with Gasteiger partial charge in [0.25, 0.3) is 0 Å². The van der Waals surface area contributed by atoms with Crippen LogP contribution in [0, 0.1) is 13.8 Å². The zero-order chi connectivity index (χ0) is 20.2. The molecule has 2 aromatic carbocycles. The van der Waals surface area contributed by atoms with Crippen molar-refractivity contribution in [3.05, 3.63) is 72.1 Å². The van der Waals surface area contributed by atoms with Crippen LogP contribution in [0.25, 0.3) is 11.3 Å². The van der Waals surface area contributed by atoms with E-state index in [-0.39, 0.29) is 6.03 Å². The highest BCUT2D eigenvalue weighted by atomic mass is 16.2. The maximum atomic E-state index is 12.6. The normalized spacial score (nSPS) is 14.0. The first-order valence-electron chi connectivity index (χ1n) is 9.85. The number of anilines is 2. The molecular formula is C23H25N5O. The summed E-state index contributed by atoms with van der Waals surface area (Å²) in [6.07, 6.45) is 1.61. The monoisotopic (exact) mass is 387 g/mol. The molecule has 0 bridgehead atoms. The molecule has 0 unspecified atom stereocenters. The third-order valence-corrected chi connectivity index (χ3v) is 5.16. The molecule has 148 valence electrons. The number of nitrogens with one attached hydrogen (secondary N) is 1. The minimum atomic E-state index is -0.0571. The van der Waals surface area contributed by atoms with Crippen molar-refractivity contribution < 1.29 is 4.79 Å². The topological polar surface area (TPSA) is 61.4 Å². The van der Waals surface area contributed by atoms with Gasteiger partial charge in [-0.1, -0.05) is 42.0 Å². The highest BCUT2D eigenvalue weighted by Gasteiger charge is 2.22. The van der Waals surface area contributed by atoms with Gasteiger partial charge in [-0.2, -0.15) is 0 Å². The van der Waals surface area contributed by atoms with E-state index in [0.29, 0.717) is 13.1 Å². The van der Waals surface area contributed by atoms with Gasteiger partial charge in [0, 0.05) is 43.5 Å². The Hall–Kier alpha value is -3.41. The zero-order valence-electron chi connectivity index (χ0n) is 16.8. The molecule has 0 atom stereocenters. The zero-order valence-corrected chi connectivity index (χ0v) is 16.8. The third kappa shape index (κ3) is 4.54. The van der Waals surface area contributed by atoms with E-state index < -0.39 is 0 Å². The smallest absolute Gasteiger partial charge is 0.321 e. The summed E-state index contributed by atoms with van der Waals surface area (Å²) in [7, 11) is 0. The number of urea groups is 1. The molecule has 1 saturated heterocycles. The van der Waals surface area contributed by atoms with Crippen molar-refractivity contribution in [1.29, 1.82) is 0 Å². The van der Waals surface area contributed by atoms with Gasteiger partial charge in [-0.05, 0) is 31.5 Å². The van der Waals surface area contributed by atoms with Crippen molar-refractivity contribution in [1.82, 2.24) is 14.9 Å². The first kappa shape index (κ1) is 18.9. The number of hydrogen-bond donors (Lipinski definition) is 1. The Bertz CT molecular complexity index is 994. The molecule has 0 spiro atoms. The number of nitrogens with zero attached hydrogens (tertiary/aromatic N) is 4. The number of piperazine rings is 1. The summed E-state index contributed by atoms with van der Waals surface area (Å²) >= 11 is 0. The van der Waals surface area contributed by atoms with Gasteiger partial charge in [-0.3, -0.25) is 0 Å². The second-order valence-corrected chi connectivity index (χ2v) is 7.40. The van der Waals surface area contributed by atoms with Crippen molar-refractivity contribution in [2.24, 2.45) is 0 Å². The Labute approximate surface area is 171 Å². The molecule has 2 amide bonds. The van der Waals surface area contributed by atoms with E-state index in [1.165, 1.54) is 5.56 Å². The van der Waals surface area contributed by atoms with Gasteiger partial charge in [0.15, 0.2) is 0 Å². The lowest BCUT2D eigenvalue weighted by molar-refractivity contribution is 0.208. The number of rotatable bonds is 3. The Morgan fingerprint density at radius 2 is 1.66 bits per heavy atom. The molecule has 4 rings (SSSR count). The molecule has 6 nitrogen and oxygen atoms in total. The van der Waals surface area contributed by atoms with Crippen LogP contribution in [-0.2, 0) is 0 Å². The van der Waals surface area contributed by atoms with Gasteiger partial charge >= 0.3 is 6.03 Å². The van der Waals surface area contributed by atoms with Crippen molar-refractivity contribution in [2.45, 2.75) is 13.8 Å². The second-order valence-electron chi connectivity index (χ2n) is 7.40. The number of amides is 2. The van der Waals surface area contributed by atoms with Crippen LogP contribution in [0.1, 0.15) is 11.1 Å². The minimum Gasteiger partial charge on any atom is -0.353 e. The quantitative estimate of drug-likeness (QED) is 0.735. The first-order chi connectivity index (χ1) is 14.1. The van der Waals surface area contributed by atoms with E-state index in [0.717, 1.165) is 41.4 Å². The molecule has 29 heavy (non-hydrogen) atoms. The summed E-state index contributed by atoms with van der Waals surface area (Å²) in [4.78, 5) is 25.5. The van der Waals surface area contributed by atoms with Crippen molar-refractivity contribution >= 4 is 17.5 Å². The molecule has 3 aromatic rings. The van der Waals surface area contributed by atoms with Crippen LogP contribution < -0.4 is 10.2 Å². The largest absolute Gasteiger partial charge is 0.353 e. The van der Waals surface area contributed by atoms with Crippen molar-refractivity contribution in [3.63, 3.8) is 0 Å². The number of hydrogen-bond acceptors (Lipinski definition) is 4. The highest BCUT2D eigenvalue weighted by Crippen LogP contribution is 2.22. The lowest BCUT2D eigenvalue weighted by atomic mass is 10.1. The number of aryl methyl sites for hydroxylation is 2. The van der Waals surface area contributed by atoms with E-state index in [4.69, 9.17) is 0 Å². The van der Waals surface area contributed by atoms with E-state index in [1.54, 1.807) is 6.33 Å². The van der Waals surface area contributed by atoms with E-state index in [2.05, 4.69) is 51.4 Å². The third-order valence-electron chi connectivity index (χ3n) is 5.16. The van der Waals surface area contributed by atoms with Gasteiger partial charge in [0.05, 0.1) is 5.69 Å². The van der Waals surface area contributed by atoms with Gasteiger partial charge in [-0.15, -0.1) is 0 Å². The summed E-state index contributed by atoms with van der Waals surface area (Å²) in [5.41, 5.74) is 5.17. The molecular weight excluding hydrogens is 362 g/mol. The van der Waals surface area contributed by atoms with Crippen LogP contribution in [0.5, 0.6) is 0 Å². The fraction of sp³-hybridized carbons (Fsp3) is 0.261. The van der Waals surface area contributed by atoms with Crippen LogP contribution >= 0.6 is 0 Å². The molecule has 1 aromatic heterocycles. The Balaban J connectivity index is 1.39. The Morgan fingerprint density at radius 3 is 2.38 bits per heavy atom. The molecule has 1 aliphatic heterocycles. The van der Waals surface area contributed by atoms with Crippen LogP contribution in [0.15, 0.2) is 60.9 Å². The fourth-order valence-corrected chi connectivity index (χ4v) is 3.47. The number of benzene rings is 2. The minimum absolute atomic E-state index is 0.0571. The van der Waals surface area contributed by atoms with Crippen molar-refractivity contribution in [2.75, 3.05) is 36.4 Å². The Morgan fingerprint density at radius 1 is 0.897 bits per heavy atom. The average Bonchev–Trinajstić information content (AvgIpc) is 2.74. The lowest BCUT2D eigenvalue weighted by Crippen LogP contribution is -2.50. The Kier molecular flexibility index (Phi) is 5.42. The maximum absolute atomic E-state index is 12.6. The molecule has 0 saturated carbocycles. The second kappa shape index (κ2) is 8.31. The predicted octanol–water partition coefficient (Wildman–Crippen LogP) is 4.11. The number of carbonyl (C=O) groups is 1. The summed E-state index contributed by atoms with van der Waals surface area (Å²) in [6.45, 7) is 6.88. The predicted molar refractivity (Wildman–Crippen MR) is 116 cm³/mol. The number of aromatic nitrogens is 2. The summed E-state index contributed by atoms with van der Waals surface area (Å²) in [6, 6.07) is 18.1. The van der Waals surface area contributed by atoms with Gasteiger partial charge in [-0.25, -0.2) is 14.8 Å². The molecule has 1 aliphatic rings. The molecule has 1 N–H and O–H groups in total. The fourth-order valence-electron chi connectivity index (χ4n) is 3.47. The lowest BCUT2D eigenvalue weighted by Gasteiger charge is -2.35. The van der Waals surface area contributed by atoms with Crippen LogP contribution in [-0.4, -0.2) is 47.1 Å². The van der Waals surface area contributed by atoms with E-state index in [1.807, 2.05) is 42.2 Å². The molecule has 0 radical (unpaired) electrons. The highest BCUT2D eigenvalue weighted by molar-refractivity contribution is 5.89. The SMILES string of the molecule is Cc1ccc(-c2cc(N3CCN(C(=O)Nc4cccc(C)c4)CC3)ncn2)cc1. The van der Waals surface area contributed by atoms with Crippen LogP contribution in [0.3, 0.4) is 0 Å². The molecule has 1 fully saturated rings. The summed E-state index contributed by atoms with van der Waals surface area (Å²) in [5, 5.41) is 2.99. The summed E-state index contributed by atoms with van der Waals surface area (Å²) in [5.74, 6) is 0.898. The van der Waals surface area contributed by atoms with Gasteiger partial charge in [0.1, 0.15) is 12.1 Å². The first-order valence-corrected chi connectivity index (χ1v) is 9.85. The molecule has 6 heteroatoms. The summed E-state index contributed by atoms with van der Waals surface area (Å²) < 4.78 is 0. The van der Waals surface area contributed by atoms with Crippen LogP contribution in [0.2, 0.25) is 0 Å². The number of carbonyl (C=O) groups excluding carboxylic acids is 1. The van der Waals surface area contributed by atoms with Crippen LogP contribution in [0.4, 0.5) is 16.3 Å². The van der Waals surface area contributed by atoms with Crippen molar-refractivity contribution in [3.8, 4) is 11.3 Å². The van der Waals surface area contributed by atoms with Gasteiger partial charge in [0.2, 0.25) is 0 Å². The van der Waals surface area contributed by atoms with E-state index >= 15 is 0 Å². The maximum Gasteiger partial charge on any atom is 0.321 e. The molecule has 0 aliphatic carbocycles.